The Hall–Kier alpha value is -4.63. The molecule has 0 fully saturated rings. The minimum atomic E-state index is -0.562. The van der Waals surface area contributed by atoms with Crippen LogP contribution in [0.2, 0.25) is 0 Å². The van der Waals surface area contributed by atoms with Gasteiger partial charge in [0.15, 0.2) is 4.96 Å². The number of nitrogens with one attached hydrogen (secondary N) is 1. The summed E-state index contributed by atoms with van der Waals surface area (Å²) in [6.45, 7) is 0. The Bertz CT molecular complexity index is 1590. The number of fused-ring (bicyclic) bond motifs is 1. The number of amides is 1. The molecular formula is C27H21N3O5S. The van der Waals surface area contributed by atoms with Gasteiger partial charge in [-0.1, -0.05) is 18.2 Å². The summed E-state index contributed by atoms with van der Waals surface area (Å²) in [7, 11) is 3.11. The average molecular weight is 500 g/mol. The van der Waals surface area contributed by atoms with Crippen LogP contribution in [-0.2, 0) is 0 Å². The maximum absolute atomic E-state index is 13.4. The molecule has 9 heteroatoms. The highest BCUT2D eigenvalue weighted by Gasteiger charge is 2.19. The van der Waals surface area contributed by atoms with Gasteiger partial charge in [-0.05, 0) is 54.6 Å². The van der Waals surface area contributed by atoms with Crippen molar-refractivity contribution in [2.24, 2.45) is 0 Å². The number of ether oxygens (including phenoxy) is 3. The summed E-state index contributed by atoms with van der Waals surface area (Å²) in [6, 6.07) is 21.6. The van der Waals surface area contributed by atoms with Crippen molar-refractivity contribution in [1.29, 1.82) is 0 Å². The van der Waals surface area contributed by atoms with Crippen LogP contribution >= 0.6 is 11.3 Å². The molecule has 0 unspecified atom stereocenters. The maximum Gasteiger partial charge on any atom is 0.271 e. The van der Waals surface area contributed by atoms with Gasteiger partial charge in [0.25, 0.3) is 11.5 Å². The number of hydrogen-bond acceptors (Lipinski definition) is 7. The molecule has 0 spiro atoms. The number of aromatic nitrogens is 2. The lowest BCUT2D eigenvalue weighted by molar-refractivity contribution is 0.102. The second-order valence-corrected chi connectivity index (χ2v) is 8.51. The van der Waals surface area contributed by atoms with Crippen LogP contribution in [0.4, 0.5) is 5.69 Å². The summed E-state index contributed by atoms with van der Waals surface area (Å²) in [4.78, 5) is 31.2. The first kappa shape index (κ1) is 23.1. The standard InChI is InChI=1S/C27H21N3O5S/c1-33-20-12-13-24(34-2)21(14-20)23-16-36-27-28-15-22(26(32)30(23)27)25(31)29-17-8-10-19(11-9-17)35-18-6-4-3-5-7-18/h3-16H,1-2H3,(H,29,31). The van der Waals surface area contributed by atoms with E-state index in [1.807, 2.05) is 30.3 Å². The largest absolute Gasteiger partial charge is 0.497 e. The van der Waals surface area contributed by atoms with E-state index in [1.54, 1.807) is 62.1 Å². The van der Waals surface area contributed by atoms with E-state index in [4.69, 9.17) is 14.2 Å². The van der Waals surface area contributed by atoms with Crippen molar-refractivity contribution in [3.8, 4) is 34.3 Å². The van der Waals surface area contributed by atoms with E-state index >= 15 is 0 Å². The molecule has 0 saturated carbocycles. The van der Waals surface area contributed by atoms with Crippen LogP contribution in [0.5, 0.6) is 23.0 Å². The zero-order chi connectivity index (χ0) is 25.1. The summed E-state index contributed by atoms with van der Waals surface area (Å²) < 4.78 is 18.0. The Kier molecular flexibility index (Phi) is 6.38. The number of nitrogens with zero attached hydrogens (tertiary/aromatic N) is 2. The summed E-state index contributed by atoms with van der Waals surface area (Å²) in [6.07, 6.45) is 1.29. The zero-order valence-corrected chi connectivity index (χ0v) is 20.2. The molecule has 0 bridgehead atoms. The lowest BCUT2D eigenvalue weighted by atomic mass is 10.1. The van der Waals surface area contributed by atoms with Gasteiger partial charge in [0.05, 0.1) is 19.9 Å². The van der Waals surface area contributed by atoms with Crippen molar-refractivity contribution < 1.29 is 19.0 Å². The van der Waals surface area contributed by atoms with Gasteiger partial charge in [-0.25, -0.2) is 4.98 Å². The number of thiazole rings is 1. The smallest absolute Gasteiger partial charge is 0.271 e. The van der Waals surface area contributed by atoms with E-state index in [0.717, 1.165) is 0 Å². The van der Waals surface area contributed by atoms with Gasteiger partial charge in [0.1, 0.15) is 28.6 Å². The Morgan fingerprint density at radius 3 is 2.36 bits per heavy atom. The van der Waals surface area contributed by atoms with Gasteiger partial charge in [-0.2, -0.15) is 0 Å². The molecular weight excluding hydrogens is 478 g/mol. The fraction of sp³-hybridized carbons (Fsp3) is 0.0741. The number of methoxy groups -OCH3 is 2. The number of hydrogen-bond donors (Lipinski definition) is 1. The zero-order valence-electron chi connectivity index (χ0n) is 19.4. The van der Waals surface area contributed by atoms with E-state index in [-0.39, 0.29) is 5.56 Å². The minimum Gasteiger partial charge on any atom is -0.497 e. The Morgan fingerprint density at radius 2 is 1.64 bits per heavy atom. The number of anilines is 1. The summed E-state index contributed by atoms with van der Waals surface area (Å²) >= 11 is 1.29. The minimum absolute atomic E-state index is 0.0846. The molecule has 8 nitrogen and oxygen atoms in total. The number of carbonyl (C=O) groups excluding carboxylic acids is 1. The highest BCUT2D eigenvalue weighted by molar-refractivity contribution is 7.15. The lowest BCUT2D eigenvalue weighted by Gasteiger charge is -2.11. The quantitative estimate of drug-likeness (QED) is 0.319. The molecule has 180 valence electrons. The lowest BCUT2D eigenvalue weighted by Crippen LogP contribution is -2.26. The third kappa shape index (κ3) is 4.51. The number of rotatable bonds is 7. The van der Waals surface area contributed by atoms with Gasteiger partial charge < -0.3 is 19.5 Å². The van der Waals surface area contributed by atoms with Crippen molar-refractivity contribution in [2.45, 2.75) is 0 Å². The van der Waals surface area contributed by atoms with Crippen LogP contribution in [-0.4, -0.2) is 29.5 Å². The Morgan fingerprint density at radius 1 is 0.917 bits per heavy atom. The highest BCUT2D eigenvalue weighted by atomic mass is 32.1. The number of carbonyl (C=O) groups is 1. The van der Waals surface area contributed by atoms with Crippen LogP contribution in [0, 0.1) is 0 Å². The molecule has 3 aromatic carbocycles. The molecule has 0 radical (unpaired) electrons. The summed E-state index contributed by atoms with van der Waals surface area (Å²) in [5.74, 6) is 1.95. The first-order valence-electron chi connectivity index (χ1n) is 10.9. The number of benzene rings is 3. The molecule has 2 aromatic heterocycles. The van der Waals surface area contributed by atoms with E-state index in [2.05, 4.69) is 10.3 Å². The van der Waals surface area contributed by atoms with Crippen LogP contribution in [0.25, 0.3) is 16.2 Å². The van der Waals surface area contributed by atoms with Crippen molar-refractivity contribution >= 4 is 27.9 Å². The highest BCUT2D eigenvalue weighted by Crippen LogP contribution is 2.35. The topological polar surface area (TPSA) is 91.2 Å². The Balaban J connectivity index is 1.43. The molecule has 0 atom stereocenters. The van der Waals surface area contributed by atoms with E-state index in [9.17, 15) is 9.59 Å². The van der Waals surface area contributed by atoms with Crippen LogP contribution in [0.3, 0.4) is 0 Å². The van der Waals surface area contributed by atoms with Crippen molar-refractivity contribution in [3.63, 3.8) is 0 Å². The number of para-hydroxylation sites is 1. The second kappa shape index (κ2) is 9.93. The molecule has 1 amide bonds. The van der Waals surface area contributed by atoms with Crippen LogP contribution < -0.4 is 25.1 Å². The average Bonchev–Trinajstić information content (AvgIpc) is 3.35. The summed E-state index contributed by atoms with van der Waals surface area (Å²) in [5, 5.41) is 4.56. The molecule has 0 saturated heterocycles. The van der Waals surface area contributed by atoms with E-state index < -0.39 is 11.5 Å². The maximum atomic E-state index is 13.4. The molecule has 2 heterocycles. The SMILES string of the molecule is COc1ccc(OC)c(-c2csc3ncc(C(=O)Nc4ccc(Oc5ccccc5)cc4)c(=O)n23)c1. The molecule has 5 aromatic rings. The molecule has 0 aliphatic carbocycles. The van der Waals surface area contributed by atoms with Gasteiger partial charge in [0.2, 0.25) is 0 Å². The van der Waals surface area contributed by atoms with Crippen molar-refractivity contribution in [1.82, 2.24) is 9.38 Å². The van der Waals surface area contributed by atoms with Crippen molar-refractivity contribution in [2.75, 3.05) is 19.5 Å². The first-order valence-corrected chi connectivity index (χ1v) is 11.8. The van der Waals surface area contributed by atoms with Crippen LogP contribution in [0.1, 0.15) is 10.4 Å². The first-order chi connectivity index (χ1) is 17.6. The third-order valence-electron chi connectivity index (χ3n) is 5.46. The molecule has 1 N–H and O–H groups in total. The Labute approximate surface area is 210 Å². The predicted octanol–water partition coefficient (Wildman–Crippen LogP) is 5.48. The van der Waals surface area contributed by atoms with Crippen LogP contribution in [0.15, 0.2) is 89.2 Å². The summed E-state index contributed by atoms with van der Waals surface area (Å²) in [5.41, 5.74) is 1.16. The molecule has 5 rings (SSSR count). The predicted molar refractivity (Wildman–Crippen MR) is 139 cm³/mol. The molecule has 0 aliphatic heterocycles. The second-order valence-electron chi connectivity index (χ2n) is 7.68. The van der Waals surface area contributed by atoms with Gasteiger partial charge in [-0.3, -0.25) is 14.0 Å². The normalized spacial score (nSPS) is 10.7. The fourth-order valence-corrected chi connectivity index (χ4v) is 4.53. The van der Waals surface area contributed by atoms with Gasteiger partial charge in [0, 0.05) is 22.8 Å². The van der Waals surface area contributed by atoms with E-state index in [1.165, 1.54) is 21.9 Å². The van der Waals surface area contributed by atoms with Crippen molar-refractivity contribution in [3.05, 3.63) is 100 Å². The molecule has 36 heavy (non-hydrogen) atoms. The fourth-order valence-electron chi connectivity index (χ4n) is 3.68. The van der Waals surface area contributed by atoms with Gasteiger partial charge >= 0.3 is 0 Å². The van der Waals surface area contributed by atoms with E-state index in [0.29, 0.717) is 44.9 Å². The third-order valence-corrected chi connectivity index (χ3v) is 6.30. The van der Waals surface area contributed by atoms with Gasteiger partial charge in [-0.15, -0.1) is 11.3 Å². The monoisotopic (exact) mass is 499 g/mol. The molecule has 0 aliphatic rings.